The van der Waals surface area contributed by atoms with Crippen LogP contribution in [0.3, 0.4) is 0 Å². The highest BCUT2D eigenvalue weighted by Gasteiger charge is 2.39. The van der Waals surface area contributed by atoms with Crippen molar-refractivity contribution >= 4 is 45.0 Å². The SMILES string of the molecule is [C-]#[N+]c1ccc(-c2ccc3c4ccccc4n(-c4cccc5c4C(=O)N(c4cc(-c6ccccc6)cc(-c6ccccc6)c4)C5=O)c3c2)c(C#N)c1. The summed E-state index contributed by atoms with van der Waals surface area (Å²) in [5.41, 5.74) is 9.48. The summed E-state index contributed by atoms with van der Waals surface area (Å²) in [6.07, 6.45) is 0. The number of nitriles is 1. The van der Waals surface area contributed by atoms with E-state index in [2.05, 4.69) is 17.0 Å². The fourth-order valence-electron chi connectivity index (χ4n) is 7.37. The predicted octanol–water partition coefficient (Wildman–Crippen LogP) is 11.0. The minimum absolute atomic E-state index is 0.325. The molecule has 2 heterocycles. The average Bonchev–Trinajstić information content (AvgIpc) is 3.67. The van der Waals surface area contributed by atoms with Gasteiger partial charge in [0.25, 0.3) is 11.8 Å². The van der Waals surface area contributed by atoms with Gasteiger partial charge in [-0.15, -0.1) is 0 Å². The first-order chi connectivity index (χ1) is 25.5. The molecule has 6 nitrogen and oxygen atoms in total. The lowest BCUT2D eigenvalue weighted by atomic mass is 9.97. The Morgan fingerprint density at radius 3 is 1.90 bits per heavy atom. The summed E-state index contributed by atoms with van der Waals surface area (Å²) in [4.78, 5) is 33.9. The third-order valence-electron chi connectivity index (χ3n) is 9.76. The van der Waals surface area contributed by atoms with Gasteiger partial charge in [-0.2, -0.15) is 5.26 Å². The van der Waals surface area contributed by atoms with Gasteiger partial charge in [0, 0.05) is 16.3 Å². The van der Waals surface area contributed by atoms with Crippen molar-refractivity contribution in [2.75, 3.05) is 4.90 Å². The van der Waals surface area contributed by atoms with Crippen LogP contribution in [0.5, 0.6) is 0 Å². The standard InChI is InChI=1S/C46H26N4O2/c1-48-35-20-22-37(34(24-35)28-47)31-19-21-39-38-15-8-9-17-41(38)50(43(39)27-31)42-18-10-16-40-44(42)46(52)49(45(40)51)36-25-32(29-11-4-2-5-12-29)23-33(26-36)30-13-6-3-7-14-30/h2-27H. The van der Waals surface area contributed by atoms with Crippen LogP contribution in [0.25, 0.3) is 65.7 Å². The lowest BCUT2D eigenvalue weighted by Crippen LogP contribution is -2.29. The van der Waals surface area contributed by atoms with Gasteiger partial charge in [0.1, 0.15) is 0 Å². The number of nitrogens with zero attached hydrogens (tertiary/aromatic N) is 4. The smallest absolute Gasteiger partial charge is 0.268 e. The molecule has 9 rings (SSSR count). The first-order valence-corrected chi connectivity index (χ1v) is 16.8. The number of carbonyl (C=O) groups excluding carboxylic acids is 2. The summed E-state index contributed by atoms with van der Waals surface area (Å²) < 4.78 is 2.04. The number of carbonyl (C=O) groups is 2. The molecule has 6 heteroatoms. The average molecular weight is 667 g/mol. The number of hydrogen-bond donors (Lipinski definition) is 0. The van der Waals surface area contributed by atoms with E-state index in [0.29, 0.717) is 39.3 Å². The summed E-state index contributed by atoms with van der Waals surface area (Å²) in [7, 11) is 0. The molecule has 0 aliphatic carbocycles. The Kier molecular flexibility index (Phi) is 7.10. The second-order valence-corrected chi connectivity index (χ2v) is 12.7. The van der Waals surface area contributed by atoms with Crippen molar-refractivity contribution < 1.29 is 9.59 Å². The molecular weight excluding hydrogens is 641 g/mol. The zero-order chi connectivity index (χ0) is 35.3. The molecule has 0 unspecified atom stereocenters. The number of aromatic nitrogens is 1. The van der Waals surface area contributed by atoms with E-state index in [0.717, 1.165) is 49.6 Å². The summed E-state index contributed by atoms with van der Waals surface area (Å²) in [6, 6.07) is 52.5. The lowest BCUT2D eigenvalue weighted by molar-refractivity contribution is 0.0926. The van der Waals surface area contributed by atoms with Gasteiger partial charge in [-0.05, 0) is 81.9 Å². The van der Waals surface area contributed by atoms with Gasteiger partial charge in [-0.25, -0.2) is 9.74 Å². The molecular formula is C46H26N4O2. The highest BCUT2D eigenvalue weighted by atomic mass is 16.2. The highest BCUT2D eigenvalue weighted by molar-refractivity contribution is 6.36. The minimum Gasteiger partial charge on any atom is -0.308 e. The lowest BCUT2D eigenvalue weighted by Gasteiger charge is -2.18. The van der Waals surface area contributed by atoms with Crippen LogP contribution in [0.15, 0.2) is 158 Å². The van der Waals surface area contributed by atoms with Crippen LogP contribution in [-0.4, -0.2) is 16.4 Å². The van der Waals surface area contributed by atoms with Gasteiger partial charge in [-0.3, -0.25) is 9.59 Å². The van der Waals surface area contributed by atoms with E-state index in [1.54, 1.807) is 24.3 Å². The summed E-state index contributed by atoms with van der Waals surface area (Å²) >= 11 is 0. The second-order valence-electron chi connectivity index (χ2n) is 12.7. The van der Waals surface area contributed by atoms with Crippen molar-refractivity contribution in [1.29, 1.82) is 5.26 Å². The van der Waals surface area contributed by atoms with E-state index >= 15 is 0 Å². The van der Waals surface area contributed by atoms with E-state index in [1.807, 2.05) is 132 Å². The van der Waals surface area contributed by atoms with E-state index in [-0.39, 0.29) is 5.91 Å². The second kappa shape index (κ2) is 12.1. The normalized spacial score (nSPS) is 12.2. The molecule has 0 spiro atoms. The molecule has 7 aromatic carbocycles. The third kappa shape index (κ3) is 4.79. The molecule has 1 aliphatic heterocycles. The van der Waals surface area contributed by atoms with Crippen LogP contribution in [-0.2, 0) is 0 Å². The van der Waals surface area contributed by atoms with E-state index in [9.17, 15) is 14.9 Å². The molecule has 1 aromatic heterocycles. The van der Waals surface area contributed by atoms with Crippen molar-refractivity contribution in [2.45, 2.75) is 0 Å². The molecule has 242 valence electrons. The van der Waals surface area contributed by atoms with Crippen molar-refractivity contribution in [3.63, 3.8) is 0 Å². The maximum absolute atomic E-state index is 14.8. The number of fused-ring (bicyclic) bond motifs is 4. The summed E-state index contributed by atoms with van der Waals surface area (Å²) in [6.45, 7) is 7.40. The van der Waals surface area contributed by atoms with Gasteiger partial charge in [0.05, 0.1) is 46.2 Å². The minimum atomic E-state index is -0.400. The maximum atomic E-state index is 14.8. The quantitative estimate of drug-likeness (QED) is 0.136. The van der Waals surface area contributed by atoms with Crippen LogP contribution < -0.4 is 4.90 Å². The molecule has 2 amide bonds. The Morgan fingerprint density at radius 2 is 1.21 bits per heavy atom. The van der Waals surface area contributed by atoms with Gasteiger partial charge in [0.15, 0.2) is 5.69 Å². The van der Waals surface area contributed by atoms with Crippen LogP contribution in [0.1, 0.15) is 26.3 Å². The number of benzene rings is 7. The van der Waals surface area contributed by atoms with Crippen molar-refractivity contribution in [1.82, 2.24) is 4.57 Å². The fraction of sp³-hybridized carbons (Fsp3) is 0. The molecule has 0 radical (unpaired) electrons. The maximum Gasteiger partial charge on any atom is 0.268 e. The summed E-state index contributed by atoms with van der Waals surface area (Å²) in [5.74, 6) is -0.783. The van der Waals surface area contributed by atoms with Gasteiger partial charge >= 0.3 is 0 Å². The monoisotopic (exact) mass is 666 g/mol. The number of para-hydroxylation sites is 1. The van der Waals surface area contributed by atoms with Gasteiger partial charge in [0.2, 0.25) is 0 Å². The Bertz CT molecular complexity index is 2800. The Hall–Kier alpha value is -7.54. The molecule has 8 aromatic rings. The van der Waals surface area contributed by atoms with E-state index < -0.39 is 5.91 Å². The van der Waals surface area contributed by atoms with Crippen LogP contribution in [0, 0.1) is 17.9 Å². The van der Waals surface area contributed by atoms with E-state index in [4.69, 9.17) is 6.57 Å². The number of amides is 2. The molecule has 0 saturated carbocycles. The Labute approximate surface area is 299 Å². The van der Waals surface area contributed by atoms with Gasteiger partial charge in [-0.1, -0.05) is 109 Å². The molecule has 0 N–H and O–H groups in total. The van der Waals surface area contributed by atoms with Crippen molar-refractivity contribution in [2.24, 2.45) is 0 Å². The van der Waals surface area contributed by atoms with Gasteiger partial charge < -0.3 is 4.57 Å². The Balaban J connectivity index is 1.24. The zero-order valence-corrected chi connectivity index (χ0v) is 27.6. The van der Waals surface area contributed by atoms with E-state index in [1.165, 1.54) is 4.90 Å². The number of hydrogen-bond acceptors (Lipinski definition) is 3. The van der Waals surface area contributed by atoms with Crippen LogP contribution >= 0.6 is 0 Å². The zero-order valence-electron chi connectivity index (χ0n) is 27.6. The Morgan fingerprint density at radius 1 is 0.538 bits per heavy atom. The molecule has 1 aliphatic rings. The van der Waals surface area contributed by atoms with Crippen molar-refractivity contribution in [3.8, 4) is 45.1 Å². The third-order valence-corrected chi connectivity index (χ3v) is 9.76. The highest BCUT2D eigenvalue weighted by Crippen LogP contribution is 2.41. The molecule has 52 heavy (non-hydrogen) atoms. The van der Waals surface area contributed by atoms with Crippen LogP contribution in [0.4, 0.5) is 11.4 Å². The summed E-state index contributed by atoms with van der Waals surface area (Å²) in [5, 5.41) is 11.9. The molecule has 0 fully saturated rings. The topological polar surface area (TPSA) is 70.5 Å². The molecule has 0 atom stereocenters. The number of rotatable bonds is 5. The largest absolute Gasteiger partial charge is 0.308 e. The fourth-order valence-corrected chi connectivity index (χ4v) is 7.37. The number of anilines is 1. The molecule has 0 bridgehead atoms. The number of imide groups is 1. The predicted molar refractivity (Wildman–Crippen MR) is 206 cm³/mol. The molecule has 0 saturated heterocycles. The van der Waals surface area contributed by atoms with Crippen molar-refractivity contribution in [3.05, 3.63) is 186 Å². The van der Waals surface area contributed by atoms with Crippen LogP contribution in [0.2, 0.25) is 0 Å². The first-order valence-electron chi connectivity index (χ1n) is 16.8. The first kappa shape index (κ1) is 30.5.